The minimum absolute atomic E-state index is 0.238. The lowest BCUT2D eigenvalue weighted by atomic mass is 10.1. The molecule has 1 saturated heterocycles. The van der Waals surface area contributed by atoms with E-state index in [1.54, 1.807) is 18.2 Å². The largest absolute Gasteiger partial charge is 0.490 e. The summed E-state index contributed by atoms with van der Waals surface area (Å²) >= 11 is 0. The van der Waals surface area contributed by atoms with Gasteiger partial charge in [0.15, 0.2) is 0 Å². The van der Waals surface area contributed by atoms with Crippen LogP contribution in [0.2, 0.25) is 0 Å². The molecule has 1 amide bonds. The minimum atomic E-state index is -0.297. The van der Waals surface area contributed by atoms with E-state index in [4.69, 9.17) is 4.74 Å². The van der Waals surface area contributed by atoms with E-state index in [9.17, 15) is 9.18 Å². The van der Waals surface area contributed by atoms with Crippen LogP contribution in [0.4, 0.5) is 10.1 Å². The van der Waals surface area contributed by atoms with Gasteiger partial charge in [-0.2, -0.15) is 0 Å². The van der Waals surface area contributed by atoms with Crippen molar-refractivity contribution in [1.82, 2.24) is 4.90 Å². The van der Waals surface area contributed by atoms with Gasteiger partial charge in [-0.15, -0.1) is 0 Å². The second-order valence-electron chi connectivity index (χ2n) is 6.52. The van der Waals surface area contributed by atoms with Gasteiger partial charge in [0.05, 0.1) is 0 Å². The molecule has 2 aromatic carbocycles. The topological polar surface area (TPSA) is 41.6 Å². The molecule has 0 atom stereocenters. The van der Waals surface area contributed by atoms with Crippen LogP contribution < -0.4 is 10.1 Å². The molecule has 1 heterocycles. The Balaban J connectivity index is 1.50. The van der Waals surface area contributed by atoms with E-state index in [0.29, 0.717) is 5.69 Å². The molecule has 0 spiro atoms. The number of amides is 1. The van der Waals surface area contributed by atoms with Crippen LogP contribution >= 0.6 is 0 Å². The van der Waals surface area contributed by atoms with Crippen LogP contribution in [0.3, 0.4) is 0 Å². The number of benzene rings is 2. The number of piperidine rings is 1. The molecular formula is C21H23FN2O2. The first kappa shape index (κ1) is 18.1. The third kappa shape index (κ3) is 5.43. The number of carbonyl (C=O) groups excluding carboxylic acids is 1. The predicted octanol–water partition coefficient (Wildman–Crippen LogP) is 3.95. The summed E-state index contributed by atoms with van der Waals surface area (Å²) in [6.45, 7) is 2.11. The molecule has 1 aliphatic rings. The van der Waals surface area contributed by atoms with Gasteiger partial charge in [0, 0.05) is 24.9 Å². The smallest absolute Gasteiger partial charge is 0.248 e. The number of nitrogens with zero attached hydrogens (tertiary/aromatic N) is 1. The Labute approximate surface area is 153 Å². The Morgan fingerprint density at radius 2 is 1.77 bits per heavy atom. The second-order valence-corrected chi connectivity index (χ2v) is 6.52. The maximum absolute atomic E-state index is 12.9. The summed E-state index contributed by atoms with van der Waals surface area (Å²) in [6.07, 6.45) is 5.39. The number of hydrogen-bond donors (Lipinski definition) is 1. The van der Waals surface area contributed by atoms with Gasteiger partial charge in [0.2, 0.25) is 5.91 Å². The van der Waals surface area contributed by atoms with Gasteiger partial charge in [-0.3, -0.25) is 4.79 Å². The van der Waals surface area contributed by atoms with E-state index in [1.165, 1.54) is 18.2 Å². The van der Waals surface area contributed by atoms with Crippen LogP contribution in [-0.2, 0) is 4.79 Å². The fourth-order valence-corrected chi connectivity index (χ4v) is 2.84. The standard InChI is InChI=1S/C21H23FN2O2/c1-24-14-12-20(13-15-24)26-19-9-7-18(8-10-19)23-21(25)11-4-16-2-5-17(22)6-3-16/h2-11,20H,12-15H2,1H3,(H,23,25)/b11-4+. The maximum atomic E-state index is 12.9. The highest BCUT2D eigenvalue weighted by atomic mass is 19.1. The van der Waals surface area contributed by atoms with E-state index >= 15 is 0 Å². The lowest BCUT2D eigenvalue weighted by molar-refractivity contribution is -0.111. The normalized spacial score (nSPS) is 15.9. The monoisotopic (exact) mass is 354 g/mol. The zero-order chi connectivity index (χ0) is 18.4. The van der Waals surface area contributed by atoms with Gasteiger partial charge in [-0.05, 0) is 67.9 Å². The SMILES string of the molecule is CN1CCC(Oc2ccc(NC(=O)/C=C/c3ccc(F)cc3)cc2)CC1. The molecule has 136 valence electrons. The molecular weight excluding hydrogens is 331 g/mol. The molecule has 26 heavy (non-hydrogen) atoms. The summed E-state index contributed by atoms with van der Waals surface area (Å²) in [7, 11) is 2.12. The van der Waals surface area contributed by atoms with Gasteiger partial charge in [-0.1, -0.05) is 12.1 Å². The van der Waals surface area contributed by atoms with Crippen molar-refractivity contribution in [1.29, 1.82) is 0 Å². The molecule has 1 fully saturated rings. The van der Waals surface area contributed by atoms with E-state index in [1.807, 2.05) is 24.3 Å². The Hall–Kier alpha value is -2.66. The zero-order valence-electron chi connectivity index (χ0n) is 14.8. The minimum Gasteiger partial charge on any atom is -0.490 e. The van der Waals surface area contributed by atoms with Crippen molar-refractivity contribution in [2.45, 2.75) is 18.9 Å². The van der Waals surface area contributed by atoms with Gasteiger partial charge >= 0.3 is 0 Å². The van der Waals surface area contributed by atoms with Crippen molar-refractivity contribution >= 4 is 17.7 Å². The fraction of sp³-hybridized carbons (Fsp3) is 0.286. The molecule has 1 N–H and O–H groups in total. The molecule has 1 aliphatic heterocycles. The van der Waals surface area contributed by atoms with Crippen molar-refractivity contribution in [2.75, 3.05) is 25.5 Å². The average Bonchev–Trinajstić information content (AvgIpc) is 2.65. The van der Waals surface area contributed by atoms with Crippen molar-refractivity contribution in [3.05, 3.63) is 66.0 Å². The Kier molecular flexibility index (Phi) is 6.02. The molecule has 0 saturated carbocycles. The fourth-order valence-electron chi connectivity index (χ4n) is 2.84. The first-order valence-corrected chi connectivity index (χ1v) is 8.78. The lowest BCUT2D eigenvalue weighted by Gasteiger charge is -2.29. The third-order valence-corrected chi connectivity index (χ3v) is 4.39. The van der Waals surface area contributed by atoms with Crippen LogP contribution in [0.25, 0.3) is 6.08 Å². The Morgan fingerprint density at radius 3 is 2.42 bits per heavy atom. The summed E-state index contributed by atoms with van der Waals surface area (Å²) in [6, 6.07) is 13.4. The summed E-state index contributed by atoms with van der Waals surface area (Å²) in [5.41, 5.74) is 1.47. The molecule has 0 bridgehead atoms. The number of ether oxygens (including phenoxy) is 1. The molecule has 0 aromatic heterocycles. The van der Waals surface area contributed by atoms with Crippen LogP contribution in [0.1, 0.15) is 18.4 Å². The number of rotatable bonds is 5. The third-order valence-electron chi connectivity index (χ3n) is 4.39. The van der Waals surface area contributed by atoms with Crippen molar-refractivity contribution in [3.63, 3.8) is 0 Å². The first-order valence-electron chi connectivity index (χ1n) is 8.78. The van der Waals surface area contributed by atoms with Crippen molar-refractivity contribution < 1.29 is 13.9 Å². The number of nitrogens with one attached hydrogen (secondary N) is 1. The second kappa shape index (κ2) is 8.63. The van der Waals surface area contributed by atoms with Crippen molar-refractivity contribution in [3.8, 4) is 5.75 Å². The van der Waals surface area contributed by atoms with Crippen LogP contribution in [0, 0.1) is 5.82 Å². The van der Waals surface area contributed by atoms with Crippen LogP contribution in [0.5, 0.6) is 5.75 Å². The number of anilines is 1. The molecule has 2 aromatic rings. The predicted molar refractivity (Wildman–Crippen MR) is 102 cm³/mol. The van der Waals surface area contributed by atoms with Gasteiger partial charge in [0.1, 0.15) is 17.7 Å². The summed E-state index contributed by atoms with van der Waals surface area (Å²) in [4.78, 5) is 14.3. The number of halogens is 1. The molecule has 3 rings (SSSR count). The highest BCUT2D eigenvalue weighted by Gasteiger charge is 2.17. The maximum Gasteiger partial charge on any atom is 0.248 e. The Morgan fingerprint density at radius 1 is 1.12 bits per heavy atom. The van der Waals surface area contributed by atoms with E-state index < -0.39 is 0 Å². The van der Waals surface area contributed by atoms with Crippen LogP contribution in [0.15, 0.2) is 54.6 Å². The van der Waals surface area contributed by atoms with E-state index in [-0.39, 0.29) is 17.8 Å². The number of hydrogen-bond acceptors (Lipinski definition) is 3. The molecule has 0 radical (unpaired) electrons. The highest BCUT2D eigenvalue weighted by molar-refractivity contribution is 6.01. The Bertz CT molecular complexity index is 749. The quantitative estimate of drug-likeness (QED) is 0.827. The summed E-state index contributed by atoms with van der Waals surface area (Å²) < 4.78 is 18.8. The highest BCUT2D eigenvalue weighted by Crippen LogP contribution is 2.20. The average molecular weight is 354 g/mol. The molecule has 5 heteroatoms. The van der Waals surface area contributed by atoms with E-state index in [0.717, 1.165) is 37.2 Å². The molecule has 0 unspecified atom stereocenters. The van der Waals surface area contributed by atoms with Gasteiger partial charge in [0.25, 0.3) is 0 Å². The number of likely N-dealkylation sites (tertiary alicyclic amines) is 1. The lowest BCUT2D eigenvalue weighted by Crippen LogP contribution is -2.35. The van der Waals surface area contributed by atoms with Crippen molar-refractivity contribution in [2.24, 2.45) is 0 Å². The summed E-state index contributed by atoms with van der Waals surface area (Å²) in [5.74, 6) is 0.284. The van der Waals surface area contributed by atoms with Gasteiger partial charge < -0.3 is 15.0 Å². The zero-order valence-corrected chi connectivity index (χ0v) is 14.8. The number of carbonyl (C=O) groups is 1. The molecule has 4 nitrogen and oxygen atoms in total. The van der Waals surface area contributed by atoms with E-state index in [2.05, 4.69) is 17.3 Å². The van der Waals surface area contributed by atoms with Crippen LogP contribution in [-0.4, -0.2) is 37.0 Å². The molecule has 0 aliphatic carbocycles. The van der Waals surface area contributed by atoms with Gasteiger partial charge in [-0.25, -0.2) is 4.39 Å². The first-order chi connectivity index (χ1) is 12.6. The summed E-state index contributed by atoms with van der Waals surface area (Å²) in [5, 5.41) is 2.80.